The van der Waals surface area contributed by atoms with Crippen molar-refractivity contribution < 1.29 is 12.8 Å². The van der Waals surface area contributed by atoms with Crippen molar-refractivity contribution in [3.63, 3.8) is 0 Å². The molecule has 0 atom stereocenters. The van der Waals surface area contributed by atoms with Crippen molar-refractivity contribution in [2.75, 3.05) is 18.8 Å². The van der Waals surface area contributed by atoms with Gasteiger partial charge in [-0.25, -0.2) is 0 Å². The van der Waals surface area contributed by atoms with Gasteiger partial charge in [0.25, 0.3) is 0 Å². The molecule has 0 saturated carbocycles. The van der Waals surface area contributed by atoms with Crippen LogP contribution in [0, 0.1) is 6.92 Å². The van der Waals surface area contributed by atoms with Gasteiger partial charge < -0.3 is 4.42 Å². The molecule has 1 N–H and O–H groups in total. The van der Waals surface area contributed by atoms with E-state index in [2.05, 4.69) is 14.9 Å². The lowest BCUT2D eigenvalue weighted by Gasteiger charge is -2.13. The van der Waals surface area contributed by atoms with Crippen LogP contribution >= 0.6 is 0 Å². The maximum atomic E-state index is 11.6. The number of benzene rings is 1. The minimum absolute atomic E-state index is 0.402. The van der Waals surface area contributed by atoms with Crippen LogP contribution in [0.3, 0.4) is 0 Å². The Balaban J connectivity index is 2.20. The van der Waals surface area contributed by atoms with E-state index in [9.17, 15) is 8.42 Å². The Hall–Kier alpha value is -1.93. The SMILES string of the molecule is Cc1nnc(-c2ccc(NS(=O)(=O)N(C)C)cc2)o1. The molecule has 0 fully saturated rings. The summed E-state index contributed by atoms with van der Waals surface area (Å²) in [7, 11) is -0.580. The van der Waals surface area contributed by atoms with E-state index in [-0.39, 0.29) is 0 Å². The first-order chi connectivity index (χ1) is 8.88. The monoisotopic (exact) mass is 282 g/mol. The van der Waals surface area contributed by atoms with E-state index in [1.165, 1.54) is 14.1 Å². The predicted molar refractivity (Wildman–Crippen MR) is 70.7 cm³/mol. The third-order valence-electron chi connectivity index (χ3n) is 2.39. The van der Waals surface area contributed by atoms with Crippen LogP contribution in [0.5, 0.6) is 0 Å². The molecule has 0 radical (unpaired) electrons. The summed E-state index contributed by atoms with van der Waals surface area (Å²) in [4.78, 5) is 0. The molecule has 1 aromatic carbocycles. The fraction of sp³-hybridized carbons (Fsp3) is 0.273. The van der Waals surface area contributed by atoms with Crippen LogP contribution < -0.4 is 4.72 Å². The largest absolute Gasteiger partial charge is 0.421 e. The lowest BCUT2D eigenvalue weighted by Crippen LogP contribution is -2.28. The van der Waals surface area contributed by atoms with E-state index < -0.39 is 10.2 Å². The van der Waals surface area contributed by atoms with Crippen LogP contribution in [0.15, 0.2) is 28.7 Å². The molecule has 7 nitrogen and oxygen atoms in total. The van der Waals surface area contributed by atoms with Crippen LogP contribution in [0.1, 0.15) is 5.89 Å². The molecule has 0 unspecified atom stereocenters. The van der Waals surface area contributed by atoms with Gasteiger partial charge in [0.05, 0.1) is 0 Å². The van der Waals surface area contributed by atoms with Crippen LogP contribution in [-0.2, 0) is 10.2 Å². The zero-order chi connectivity index (χ0) is 14.0. The van der Waals surface area contributed by atoms with Crippen LogP contribution in [-0.4, -0.2) is 37.0 Å². The normalized spacial score (nSPS) is 11.8. The van der Waals surface area contributed by atoms with Gasteiger partial charge in [-0.05, 0) is 24.3 Å². The summed E-state index contributed by atoms with van der Waals surface area (Å²) < 4.78 is 32.1. The lowest BCUT2D eigenvalue weighted by molar-refractivity contribution is 0.527. The second-order valence-corrected chi connectivity index (χ2v) is 5.98. The summed E-state index contributed by atoms with van der Waals surface area (Å²) in [6.07, 6.45) is 0. The molecule has 2 rings (SSSR count). The molecule has 8 heteroatoms. The molecule has 2 aromatic rings. The van der Waals surface area contributed by atoms with Crippen LogP contribution in [0.2, 0.25) is 0 Å². The number of hydrogen-bond donors (Lipinski definition) is 1. The predicted octanol–water partition coefficient (Wildman–Crippen LogP) is 1.26. The number of hydrogen-bond acceptors (Lipinski definition) is 5. The van der Waals surface area contributed by atoms with Crippen molar-refractivity contribution in [3.8, 4) is 11.5 Å². The summed E-state index contributed by atoms with van der Waals surface area (Å²) in [6.45, 7) is 1.70. The second-order valence-electron chi connectivity index (χ2n) is 4.09. The highest BCUT2D eigenvalue weighted by Gasteiger charge is 2.13. The Morgan fingerprint density at radius 3 is 2.26 bits per heavy atom. The van der Waals surface area contributed by atoms with E-state index in [1.54, 1.807) is 31.2 Å². The Morgan fingerprint density at radius 2 is 1.79 bits per heavy atom. The Morgan fingerprint density at radius 1 is 1.16 bits per heavy atom. The smallest absolute Gasteiger partial charge is 0.301 e. The average Bonchev–Trinajstić information content (AvgIpc) is 2.76. The van der Waals surface area contributed by atoms with Gasteiger partial charge in [0, 0.05) is 32.3 Å². The topological polar surface area (TPSA) is 88.3 Å². The van der Waals surface area contributed by atoms with Crippen molar-refractivity contribution in [1.29, 1.82) is 0 Å². The Bertz CT molecular complexity index is 662. The highest BCUT2D eigenvalue weighted by molar-refractivity contribution is 7.90. The van der Waals surface area contributed by atoms with E-state index in [0.29, 0.717) is 17.5 Å². The first-order valence-electron chi connectivity index (χ1n) is 5.49. The van der Waals surface area contributed by atoms with Gasteiger partial charge in [0.2, 0.25) is 11.8 Å². The number of nitrogens with zero attached hydrogens (tertiary/aromatic N) is 3. The molecule has 102 valence electrons. The molecule has 0 spiro atoms. The number of anilines is 1. The molecule has 1 aromatic heterocycles. The first kappa shape index (κ1) is 13.5. The standard InChI is InChI=1S/C11H14N4O3S/c1-8-12-13-11(18-8)9-4-6-10(7-5-9)14-19(16,17)15(2)3/h4-7,14H,1-3H3. The quantitative estimate of drug-likeness (QED) is 0.912. The Kier molecular flexibility index (Phi) is 3.54. The third kappa shape index (κ3) is 3.09. The summed E-state index contributed by atoms with van der Waals surface area (Å²) >= 11 is 0. The third-order valence-corrected chi connectivity index (χ3v) is 3.84. The van der Waals surface area contributed by atoms with Crippen LogP contribution in [0.25, 0.3) is 11.5 Å². The van der Waals surface area contributed by atoms with E-state index in [1.807, 2.05) is 0 Å². The molecule has 0 aliphatic heterocycles. The summed E-state index contributed by atoms with van der Waals surface area (Å²) in [5, 5.41) is 7.62. The zero-order valence-corrected chi connectivity index (χ0v) is 11.6. The van der Waals surface area contributed by atoms with E-state index in [0.717, 1.165) is 9.87 Å². The molecule has 0 bridgehead atoms. The Labute approximate surface area is 111 Å². The summed E-state index contributed by atoms with van der Waals surface area (Å²) in [5.41, 5.74) is 1.20. The van der Waals surface area contributed by atoms with Crippen molar-refractivity contribution in [3.05, 3.63) is 30.2 Å². The number of aromatic nitrogens is 2. The minimum atomic E-state index is -3.49. The van der Waals surface area contributed by atoms with Gasteiger partial charge in [-0.1, -0.05) is 0 Å². The molecular weight excluding hydrogens is 268 g/mol. The molecule has 0 aliphatic carbocycles. The molecule has 19 heavy (non-hydrogen) atoms. The van der Waals surface area contributed by atoms with Crippen molar-refractivity contribution >= 4 is 15.9 Å². The molecule has 1 heterocycles. The molecule has 0 aliphatic rings. The van der Waals surface area contributed by atoms with E-state index in [4.69, 9.17) is 4.42 Å². The van der Waals surface area contributed by atoms with Gasteiger partial charge in [-0.15, -0.1) is 10.2 Å². The van der Waals surface area contributed by atoms with Gasteiger partial charge in [0.15, 0.2) is 0 Å². The number of nitrogens with one attached hydrogen (secondary N) is 1. The zero-order valence-electron chi connectivity index (χ0n) is 10.8. The molecule has 0 amide bonds. The number of aryl methyl sites for hydroxylation is 1. The minimum Gasteiger partial charge on any atom is -0.421 e. The van der Waals surface area contributed by atoms with Gasteiger partial charge in [-0.3, -0.25) is 4.72 Å². The van der Waals surface area contributed by atoms with E-state index >= 15 is 0 Å². The molecule has 0 saturated heterocycles. The van der Waals surface area contributed by atoms with Gasteiger partial charge in [0.1, 0.15) is 0 Å². The summed E-state index contributed by atoms with van der Waals surface area (Å²) in [6, 6.07) is 6.69. The van der Waals surface area contributed by atoms with Crippen molar-refractivity contribution in [2.45, 2.75) is 6.92 Å². The number of rotatable bonds is 4. The van der Waals surface area contributed by atoms with Crippen molar-refractivity contribution in [2.24, 2.45) is 0 Å². The van der Waals surface area contributed by atoms with Crippen molar-refractivity contribution in [1.82, 2.24) is 14.5 Å². The fourth-order valence-electron chi connectivity index (χ4n) is 1.33. The maximum Gasteiger partial charge on any atom is 0.301 e. The van der Waals surface area contributed by atoms with Crippen LogP contribution in [0.4, 0.5) is 5.69 Å². The second kappa shape index (κ2) is 4.98. The molecular formula is C11H14N4O3S. The maximum absolute atomic E-state index is 11.6. The van der Waals surface area contributed by atoms with Gasteiger partial charge in [-0.2, -0.15) is 12.7 Å². The lowest BCUT2D eigenvalue weighted by atomic mass is 10.2. The fourth-order valence-corrected chi connectivity index (χ4v) is 1.95. The highest BCUT2D eigenvalue weighted by Crippen LogP contribution is 2.20. The van der Waals surface area contributed by atoms with Gasteiger partial charge >= 0.3 is 10.2 Å². The first-order valence-corrected chi connectivity index (χ1v) is 6.93. The highest BCUT2D eigenvalue weighted by atomic mass is 32.2. The summed E-state index contributed by atoms with van der Waals surface area (Å²) in [5.74, 6) is 0.881. The average molecular weight is 282 g/mol.